The summed E-state index contributed by atoms with van der Waals surface area (Å²) in [4.78, 5) is 12.0. The Morgan fingerprint density at radius 2 is 2.11 bits per heavy atom. The summed E-state index contributed by atoms with van der Waals surface area (Å²) in [7, 11) is -3.28. The van der Waals surface area contributed by atoms with Crippen LogP contribution in [0.5, 0.6) is 0 Å². The largest absolute Gasteiger partial charge is 0.325 e. The molecule has 0 spiro atoms. The first-order chi connectivity index (χ1) is 8.84. The Morgan fingerprint density at radius 3 is 2.68 bits per heavy atom. The second-order valence-corrected chi connectivity index (χ2v) is 6.55. The van der Waals surface area contributed by atoms with Gasteiger partial charge in [0.2, 0.25) is 5.91 Å². The number of anilines is 1. The van der Waals surface area contributed by atoms with Crippen LogP contribution in [0.3, 0.4) is 0 Å². The van der Waals surface area contributed by atoms with Gasteiger partial charge in [0.1, 0.15) is 0 Å². The van der Waals surface area contributed by atoms with Crippen molar-refractivity contribution in [3.8, 4) is 0 Å². The lowest BCUT2D eigenvalue weighted by molar-refractivity contribution is -0.117. The first-order valence-electron chi connectivity index (χ1n) is 6.21. The molecule has 19 heavy (non-hydrogen) atoms. The third kappa shape index (κ3) is 5.00. The number of nitrogens with one attached hydrogen (secondary N) is 1. The number of amides is 1. The number of rotatable bonds is 6. The average molecular weight is 284 g/mol. The molecule has 0 aliphatic rings. The molecule has 1 aromatic rings. The van der Waals surface area contributed by atoms with E-state index in [1.165, 1.54) is 12.1 Å². The van der Waals surface area contributed by atoms with Gasteiger partial charge in [0.15, 0.2) is 9.84 Å². The molecule has 0 aromatic heterocycles. The van der Waals surface area contributed by atoms with Gasteiger partial charge < -0.3 is 11.1 Å². The number of hydrogen-bond donors (Lipinski definition) is 2. The van der Waals surface area contributed by atoms with Gasteiger partial charge in [-0.3, -0.25) is 4.79 Å². The average Bonchev–Trinajstić information content (AvgIpc) is 2.35. The zero-order valence-electron chi connectivity index (χ0n) is 11.2. The molecule has 0 radical (unpaired) electrons. The molecule has 1 amide bonds. The maximum absolute atomic E-state index is 11.8. The van der Waals surface area contributed by atoms with Crippen LogP contribution in [0.2, 0.25) is 0 Å². The normalized spacial score (nSPS) is 13.0. The van der Waals surface area contributed by atoms with E-state index < -0.39 is 15.9 Å². The molecule has 106 valence electrons. The summed E-state index contributed by atoms with van der Waals surface area (Å²) in [6.45, 7) is 2.03. The van der Waals surface area contributed by atoms with E-state index in [1.807, 2.05) is 6.92 Å². The van der Waals surface area contributed by atoms with Crippen molar-refractivity contribution < 1.29 is 13.2 Å². The molecule has 0 unspecified atom stereocenters. The zero-order chi connectivity index (χ0) is 14.5. The van der Waals surface area contributed by atoms with Crippen molar-refractivity contribution in [3.63, 3.8) is 0 Å². The van der Waals surface area contributed by atoms with E-state index in [0.717, 1.165) is 19.1 Å². The van der Waals surface area contributed by atoms with E-state index in [1.54, 1.807) is 12.1 Å². The molecule has 3 N–H and O–H groups in total. The minimum atomic E-state index is -3.28. The van der Waals surface area contributed by atoms with E-state index in [-0.39, 0.29) is 10.8 Å². The molecule has 0 aliphatic carbocycles. The van der Waals surface area contributed by atoms with Crippen LogP contribution in [-0.4, -0.2) is 26.6 Å². The summed E-state index contributed by atoms with van der Waals surface area (Å²) >= 11 is 0. The lowest BCUT2D eigenvalue weighted by Crippen LogP contribution is -2.35. The van der Waals surface area contributed by atoms with Gasteiger partial charge in [0, 0.05) is 11.9 Å². The Hall–Kier alpha value is -1.40. The Kier molecular flexibility index (Phi) is 5.50. The summed E-state index contributed by atoms with van der Waals surface area (Å²) in [5, 5.41) is 2.63. The maximum Gasteiger partial charge on any atom is 0.241 e. The van der Waals surface area contributed by atoms with Gasteiger partial charge >= 0.3 is 0 Å². The Morgan fingerprint density at radius 1 is 1.42 bits per heavy atom. The molecule has 0 saturated heterocycles. The van der Waals surface area contributed by atoms with Crippen LogP contribution in [-0.2, 0) is 14.6 Å². The maximum atomic E-state index is 11.8. The van der Waals surface area contributed by atoms with Gasteiger partial charge in [-0.05, 0) is 24.6 Å². The Bertz CT molecular complexity index is 541. The van der Waals surface area contributed by atoms with Gasteiger partial charge in [0.05, 0.1) is 10.9 Å². The molecule has 1 rings (SSSR count). The SMILES string of the molecule is CCCC[C@H](N)C(=O)Nc1cccc(S(C)(=O)=O)c1. The van der Waals surface area contributed by atoms with Crippen LogP contribution in [0.15, 0.2) is 29.2 Å². The van der Waals surface area contributed by atoms with Crippen LogP contribution in [0.25, 0.3) is 0 Å². The molecule has 0 heterocycles. The molecule has 0 bridgehead atoms. The van der Waals surface area contributed by atoms with Crippen molar-refractivity contribution in [2.45, 2.75) is 37.1 Å². The molecule has 5 nitrogen and oxygen atoms in total. The van der Waals surface area contributed by atoms with Gasteiger partial charge in [-0.2, -0.15) is 0 Å². The van der Waals surface area contributed by atoms with Crippen LogP contribution in [0.4, 0.5) is 5.69 Å². The quantitative estimate of drug-likeness (QED) is 0.829. The predicted molar refractivity (Wildman–Crippen MR) is 75.7 cm³/mol. The second kappa shape index (κ2) is 6.68. The van der Waals surface area contributed by atoms with Crippen molar-refractivity contribution in [3.05, 3.63) is 24.3 Å². The first kappa shape index (κ1) is 15.7. The van der Waals surface area contributed by atoms with E-state index in [0.29, 0.717) is 12.1 Å². The summed E-state index contributed by atoms with van der Waals surface area (Å²) in [5.41, 5.74) is 6.19. The van der Waals surface area contributed by atoms with Crippen LogP contribution >= 0.6 is 0 Å². The van der Waals surface area contributed by atoms with Crippen LogP contribution < -0.4 is 11.1 Å². The molecule has 0 aliphatic heterocycles. The number of sulfone groups is 1. The molecule has 0 fully saturated rings. The van der Waals surface area contributed by atoms with Crippen molar-refractivity contribution in [2.24, 2.45) is 5.73 Å². The third-order valence-corrected chi connectivity index (χ3v) is 3.85. The summed E-state index contributed by atoms with van der Waals surface area (Å²) in [6, 6.07) is 5.58. The first-order valence-corrected chi connectivity index (χ1v) is 8.10. The summed E-state index contributed by atoms with van der Waals surface area (Å²) in [5.74, 6) is -0.292. The Labute approximate surface area is 114 Å². The highest BCUT2D eigenvalue weighted by Crippen LogP contribution is 2.15. The fourth-order valence-corrected chi connectivity index (χ4v) is 2.26. The number of nitrogens with two attached hydrogens (primary N) is 1. The highest BCUT2D eigenvalue weighted by atomic mass is 32.2. The van der Waals surface area contributed by atoms with E-state index in [4.69, 9.17) is 5.73 Å². The van der Waals surface area contributed by atoms with Crippen LogP contribution in [0.1, 0.15) is 26.2 Å². The number of carbonyl (C=O) groups is 1. The smallest absolute Gasteiger partial charge is 0.241 e. The fraction of sp³-hybridized carbons (Fsp3) is 0.462. The van der Waals surface area contributed by atoms with Crippen molar-refractivity contribution in [1.82, 2.24) is 0 Å². The highest BCUT2D eigenvalue weighted by Gasteiger charge is 2.14. The van der Waals surface area contributed by atoms with Gasteiger partial charge in [0.25, 0.3) is 0 Å². The lowest BCUT2D eigenvalue weighted by atomic mass is 10.1. The standard InChI is InChI=1S/C13H20N2O3S/c1-3-4-8-12(14)13(16)15-10-6-5-7-11(9-10)19(2,17)18/h5-7,9,12H,3-4,8,14H2,1-2H3,(H,15,16)/t12-/m0/s1. The van der Waals surface area contributed by atoms with E-state index in [2.05, 4.69) is 5.32 Å². The molecule has 6 heteroatoms. The minimum Gasteiger partial charge on any atom is -0.325 e. The fourth-order valence-electron chi connectivity index (χ4n) is 1.59. The minimum absolute atomic E-state index is 0.174. The predicted octanol–water partition coefficient (Wildman–Crippen LogP) is 1.55. The monoisotopic (exact) mass is 284 g/mol. The number of benzene rings is 1. The number of hydrogen-bond acceptors (Lipinski definition) is 4. The molecule has 1 aromatic carbocycles. The van der Waals surface area contributed by atoms with Crippen molar-refractivity contribution in [1.29, 1.82) is 0 Å². The van der Waals surface area contributed by atoms with Crippen molar-refractivity contribution >= 4 is 21.4 Å². The van der Waals surface area contributed by atoms with Gasteiger partial charge in [-0.15, -0.1) is 0 Å². The van der Waals surface area contributed by atoms with Crippen molar-refractivity contribution in [2.75, 3.05) is 11.6 Å². The van der Waals surface area contributed by atoms with Gasteiger partial charge in [-0.25, -0.2) is 8.42 Å². The second-order valence-electron chi connectivity index (χ2n) is 4.54. The lowest BCUT2D eigenvalue weighted by Gasteiger charge is -2.12. The zero-order valence-corrected chi connectivity index (χ0v) is 12.0. The molecular formula is C13H20N2O3S. The van der Waals surface area contributed by atoms with Crippen LogP contribution in [0, 0.1) is 0 Å². The van der Waals surface area contributed by atoms with Gasteiger partial charge in [-0.1, -0.05) is 25.8 Å². The van der Waals surface area contributed by atoms with E-state index >= 15 is 0 Å². The molecule has 0 saturated carbocycles. The highest BCUT2D eigenvalue weighted by molar-refractivity contribution is 7.90. The third-order valence-electron chi connectivity index (χ3n) is 2.74. The summed E-state index contributed by atoms with van der Waals surface area (Å²) in [6.07, 6.45) is 3.61. The Balaban J connectivity index is 2.75. The molecular weight excluding hydrogens is 264 g/mol. The molecule has 1 atom stereocenters. The number of carbonyl (C=O) groups excluding carboxylic acids is 1. The number of unbranched alkanes of at least 4 members (excludes halogenated alkanes) is 1. The van der Waals surface area contributed by atoms with E-state index in [9.17, 15) is 13.2 Å². The topological polar surface area (TPSA) is 89.3 Å². The summed E-state index contributed by atoms with van der Waals surface area (Å²) < 4.78 is 22.8.